The Hall–Kier alpha value is -1.52. The standard InChI is InChI=1S/C9H16N4O/c1-4-11-9(14)7(3)13-6(2)8(10)5-12-13/h5,7H,4,10H2,1-3H3,(H,11,14). The molecular weight excluding hydrogens is 180 g/mol. The summed E-state index contributed by atoms with van der Waals surface area (Å²) in [4.78, 5) is 11.5. The molecule has 1 rings (SSSR count). The second-order valence-electron chi connectivity index (χ2n) is 3.20. The number of hydrogen-bond donors (Lipinski definition) is 2. The van der Waals surface area contributed by atoms with Crippen molar-refractivity contribution in [1.29, 1.82) is 0 Å². The highest BCUT2D eigenvalue weighted by atomic mass is 16.2. The van der Waals surface area contributed by atoms with Gasteiger partial charge in [0.1, 0.15) is 6.04 Å². The van der Waals surface area contributed by atoms with Gasteiger partial charge in [-0.1, -0.05) is 0 Å². The number of amides is 1. The van der Waals surface area contributed by atoms with Crippen LogP contribution in [0.2, 0.25) is 0 Å². The third kappa shape index (κ3) is 1.86. The molecule has 0 radical (unpaired) electrons. The average Bonchev–Trinajstić information content (AvgIpc) is 2.47. The maximum absolute atomic E-state index is 11.5. The summed E-state index contributed by atoms with van der Waals surface area (Å²) in [6, 6.07) is -0.313. The molecule has 0 aromatic carbocycles. The first-order chi connectivity index (χ1) is 6.57. The molecule has 78 valence electrons. The topological polar surface area (TPSA) is 72.9 Å². The van der Waals surface area contributed by atoms with Gasteiger partial charge in [0.25, 0.3) is 0 Å². The molecule has 0 aliphatic heterocycles. The second-order valence-corrected chi connectivity index (χ2v) is 3.20. The number of likely N-dealkylation sites (N-methyl/N-ethyl adjacent to an activating group) is 1. The summed E-state index contributed by atoms with van der Waals surface area (Å²) >= 11 is 0. The number of anilines is 1. The fourth-order valence-electron chi connectivity index (χ4n) is 1.26. The van der Waals surface area contributed by atoms with Crippen LogP contribution in [0.3, 0.4) is 0 Å². The third-order valence-electron chi connectivity index (χ3n) is 2.18. The molecule has 14 heavy (non-hydrogen) atoms. The van der Waals surface area contributed by atoms with Crippen LogP contribution in [-0.2, 0) is 4.79 Å². The number of nitrogens with two attached hydrogens (primary N) is 1. The van der Waals surface area contributed by atoms with E-state index in [1.165, 1.54) is 0 Å². The highest BCUT2D eigenvalue weighted by molar-refractivity contribution is 5.79. The molecule has 5 heteroatoms. The van der Waals surface area contributed by atoms with Crippen molar-refractivity contribution in [2.24, 2.45) is 0 Å². The van der Waals surface area contributed by atoms with Crippen LogP contribution in [0.4, 0.5) is 5.69 Å². The molecule has 1 amide bonds. The molecular formula is C9H16N4O. The molecule has 5 nitrogen and oxygen atoms in total. The summed E-state index contributed by atoms with van der Waals surface area (Å²) in [6.07, 6.45) is 1.56. The number of rotatable bonds is 3. The third-order valence-corrected chi connectivity index (χ3v) is 2.18. The van der Waals surface area contributed by atoms with Gasteiger partial charge in [-0.25, -0.2) is 0 Å². The average molecular weight is 196 g/mol. The van der Waals surface area contributed by atoms with Crippen molar-refractivity contribution in [3.63, 3.8) is 0 Å². The largest absolute Gasteiger partial charge is 0.396 e. The molecule has 1 atom stereocenters. The van der Waals surface area contributed by atoms with Gasteiger partial charge in [-0.05, 0) is 20.8 Å². The van der Waals surface area contributed by atoms with E-state index in [9.17, 15) is 4.79 Å². The lowest BCUT2D eigenvalue weighted by atomic mass is 10.3. The minimum atomic E-state index is -0.313. The van der Waals surface area contributed by atoms with Crippen molar-refractivity contribution in [2.75, 3.05) is 12.3 Å². The molecule has 0 aliphatic rings. The summed E-state index contributed by atoms with van der Waals surface area (Å²) in [5.41, 5.74) is 7.07. The van der Waals surface area contributed by atoms with E-state index in [1.54, 1.807) is 17.8 Å². The molecule has 1 unspecified atom stereocenters. The molecule has 1 heterocycles. The SMILES string of the molecule is CCNC(=O)C(C)n1ncc(N)c1C. The Labute approximate surface area is 83.3 Å². The Morgan fingerprint density at radius 3 is 2.86 bits per heavy atom. The molecule has 0 saturated heterocycles. The Morgan fingerprint density at radius 2 is 2.43 bits per heavy atom. The van der Waals surface area contributed by atoms with Crippen molar-refractivity contribution in [3.05, 3.63) is 11.9 Å². The van der Waals surface area contributed by atoms with E-state index in [-0.39, 0.29) is 11.9 Å². The predicted octanol–water partition coefficient (Wildman–Crippen LogP) is 0.471. The zero-order valence-corrected chi connectivity index (χ0v) is 8.74. The van der Waals surface area contributed by atoms with Crippen molar-refractivity contribution in [3.8, 4) is 0 Å². The zero-order valence-electron chi connectivity index (χ0n) is 8.74. The summed E-state index contributed by atoms with van der Waals surface area (Å²) in [5.74, 6) is -0.0429. The van der Waals surface area contributed by atoms with E-state index in [1.807, 2.05) is 13.8 Å². The van der Waals surface area contributed by atoms with E-state index in [2.05, 4.69) is 10.4 Å². The van der Waals surface area contributed by atoms with Crippen LogP contribution < -0.4 is 11.1 Å². The van der Waals surface area contributed by atoms with Crippen molar-refractivity contribution in [1.82, 2.24) is 15.1 Å². The predicted molar refractivity (Wildman–Crippen MR) is 54.8 cm³/mol. The number of nitrogens with one attached hydrogen (secondary N) is 1. The Morgan fingerprint density at radius 1 is 1.79 bits per heavy atom. The maximum atomic E-state index is 11.5. The lowest BCUT2D eigenvalue weighted by Gasteiger charge is -2.13. The van der Waals surface area contributed by atoms with Crippen molar-refractivity contribution < 1.29 is 4.79 Å². The monoisotopic (exact) mass is 196 g/mol. The van der Waals surface area contributed by atoms with Gasteiger partial charge >= 0.3 is 0 Å². The first-order valence-corrected chi connectivity index (χ1v) is 4.65. The van der Waals surface area contributed by atoms with Crippen LogP contribution in [0.1, 0.15) is 25.6 Å². The molecule has 3 N–H and O–H groups in total. The van der Waals surface area contributed by atoms with Gasteiger partial charge in [-0.2, -0.15) is 5.10 Å². The van der Waals surface area contributed by atoms with E-state index >= 15 is 0 Å². The Balaban J connectivity index is 2.83. The first kappa shape index (κ1) is 10.6. The quantitative estimate of drug-likeness (QED) is 0.738. The number of nitrogens with zero attached hydrogens (tertiary/aromatic N) is 2. The fourth-order valence-corrected chi connectivity index (χ4v) is 1.26. The molecule has 0 fully saturated rings. The van der Waals surface area contributed by atoms with E-state index in [0.29, 0.717) is 12.2 Å². The van der Waals surface area contributed by atoms with Crippen molar-refractivity contribution >= 4 is 11.6 Å². The Kier molecular flexibility index (Phi) is 3.11. The van der Waals surface area contributed by atoms with Crippen LogP contribution in [-0.4, -0.2) is 22.2 Å². The van der Waals surface area contributed by atoms with Crippen LogP contribution in [0.25, 0.3) is 0 Å². The maximum Gasteiger partial charge on any atom is 0.244 e. The minimum Gasteiger partial charge on any atom is -0.396 e. The molecule has 1 aromatic rings. The summed E-state index contributed by atoms with van der Waals surface area (Å²) in [6.45, 7) is 6.15. The fraction of sp³-hybridized carbons (Fsp3) is 0.556. The molecule has 1 aromatic heterocycles. The number of nitrogen functional groups attached to an aromatic ring is 1. The smallest absolute Gasteiger partial charge is 0.244 e. The Bertz CT molecular complexity index is 332. The van der Waals surface area contributed by atoms with Crippen molar-refractivity contribution in [2.45, 2.75) is 26.8 Å². The van der Waals surface area contributed by atoms with E-state index in [0.717, 1.165) is 5.69 Å². The van der Waals surface area contributed by atoms with Gasteiger partial charge in [0, 0.05) is 6.54 Å². The molecule has 0 spiro atoms. The molecule has 0 aliphatic carbocycles. The van der Waals surface area contributed by atoms with Gasteiger partial charge in [0.15, 0.2) is 0 Å². The lowest BCUT2D eigenvalue weighted by molar-refractivity contribution is -0.124. The van der Waals surface area contributed by atoms with Crippen LogP contribution in [0.15, 0.2) is 6.20 Å². The highest BCUT2D eigenvalue weighted by Crippen LogP contribution is 2.14. The van der Waals surface area contributed by atoms with Gasteiger partial charge < -0.3 is 11.1 Å². The van der Waals surface area contributed by atoms with E-state index < -0.39 is 0 Å². The normalized spacial score (nSPS) is 12.5. The zero-order chi connectivity index (χ0) is 10.7. The van der Waals surface area contributed by atoms with E-state index in [4.69, 9.17) is 5.73 Å². The lowest BCUT2D eigenvalue weighted by Crippen LogP contribution is -2.31. The summed E-state index contributed by atoms with van der Waals surface area (Å²) < 4.78 is 1.63. The number of carbonyl (C=O) groups is 1. The summed E-state index contributed by atoms with van der Waals surface area (Å²) in [5, 5.41) is 6.79. The number of aromatic nitrogens is 2. The minimum absolute atomic E-state index is 0.0429. The van der Waals surface area contributed by atoms with Gasteiger partial charge in [-0.15, -0.1) is 0 Å². The van der Waals surface area contributed by atoms with Crippen LogP contribution >= 0.6 is 0 Å². The highest BCUT2D eigenvalue weighted by Gasteiger charge is 2.17. The number of hydrogen-bond acceptors (Lipinski definition) is 3. The molecule has 0 saturated carbocycles. The van der Waals surface area contributed by atoms with Crippen LogP contribution in [0, 0.1) is 6.92 Å². The molecule has 0 bridgehead atoms. The number of carbonyl (C=O) groups excluding carboxylic acids is 1. The van der Waals surface area contributed by atoms with Gasteiger partial charge in [0.2, 0.25) is 5.91 Å². The first-order valence-electron chi connectivity index (χ1n) is 4.65. The van der Waals surface area contributed by atoms with Gasteiger partial charge in [-0.3, -0.25) is 9.48 Å². The summed E-state index contributed by atoms with van der Waals surface area (Å²) in [7, 11) is 0. The van der Waals surface area contributed by atoms with Gasteiger partial charge in [0.05, 0.1) is 17.6 Å². The second kappa shape index (κ2) is 4.13. The van der Waals surface area contributed by atoms with Crippen LogP contribution in [0.5, 0.6) is 0 Å².